The van der Waals surface area contributed by atoms with Crippen LogP contribution < -0.4 is 19.7 Å². The average Bonchev–Trinajstić information content (AvgIpc) is 3.56. The Kier molecular flexibility index (Phi) is 4.89. The maximum Gasteiger partial charge on any atom is 0.231 e. The number of ether oxygens (including phenoxy) is 2. The van der Waals surface area contributed by atoms with E-state index >= 15 is 0 Å². The first-order chi connectivity index (χ1) is 17.7. The lowest BCUT2D eigenvalue weighted by Crippen LogP contribution is -2.46. The largest absolute Gasteiger partial charge is 0.454 e. The molecule has 0 atom stereocenters. The van der Waals surface area contributed by atoms with E-state index in [4.69, 9.17) is 14.0 Å². The first-order valence-corrected chi connectivity index (χ1v) is 12.4. The van der Waals surface area contributed by atoms with E-state index in [2.05, 4.69) is 38.5 Å². The van der Waals surface area contributed by atoms with Crippen molar-refractivity contribution < 1.29 is 18.8 Å². The van der Waals surface area contributed by atoms with Gasteiger partial charge in [0.1, 0.15) is 5.52 Å². The van der Waals surface area contributed by atoms with Gasteiger partial charge in [0.15, 0.2) is 23.0 Å². The summed E-state index contributed by atoms with van der Waals surface area (Å²) in [5.41, 5.74) is 5.95. The van der Waals surface area contributed by atoms with Gasteiger partial charge in [0.2, 0.25) is 6.79 Å². The van der Waals surface area contributed by atoms with Gasteiger partial charge >= 0.3 is 0 Å². The summed E-state index contributed by atoms with van der Waals surface area (Å²) >= 11 is 0. The molecule has 1 aromatic heterocycles. The summed E-state index contributed by atoms with van der Waals surface area (Å²) < 4.78 is 16.9. The van der Waals surface area contributed by atoms with Crippen LogP contribution in [0.15, 0.2) is 53.1 Å². The van der Waals surface area contributed by atoms with Gasteiger partial charge in [-0.2, -0.15) is 0 Å². The minimum absolute atomic E-state index is 0.0161. The summed E-state index contributed by atoms with van der Waals surface area (Å²) in [6, 6.07) is 15.9. The number of nitrogens with one attached hydrogen (secondary N) is 1. The Balaban J connectivity index is 1.19. The van der Waals surface area contributed by atoms with Gasteiger partial charge in [-0.05, 0) is 30.7 Å². The fraction of sp³-hybridized carbons (Fsp3) is 0.286. The molecule has 7 rings (SSSR count). The van der Waals surface area contributed by atoms with Gasteiger partial charge in [-0.3, -0.25) is 9.69 Å². The number of fused-ring (bicyclic) bond motifs is 3. The number of aromatic nitrogens is 1. The molecular formula is C28H26N4O4. The number of ketones is 1. The Morgan fingerprint density at radius 3 is 2.61 bits per heavy atom. The Labute approximate surface area is 208 Å². The molecule has 0 unspecified atom stereocenters. The molecule has 1 N–H and O–H groups in total. The van der Waals surface area contributed by atoms with Crippen molar-refractivity contribution in [2.24, 2.45) is 0 Å². The minimum Gasteiger partial charge on any atom is -0.454 e. The number of carbonyl (C=O) groups excluding carboxylic acids is 1. The molecule has 0 amide bonds. The molecule has 1 fully saturated rings. The normalized spacial score (nSPS) is 16.5. The zero-order valence-corrected chi connectivity index (χ0v) is 20.0. The fourth-order valence-corrected chi connectivity index (χ4v) is 5.56. The number of hydrogen-bond donors (Lipinski definition) is 1. The summed E-state index contributed by atoms with van der Waals surface area (Å²) in [5, 5.41) is 8.72. The second-order valence-electron chi connectivity index (χ2n) is 9.41. The number of nitrogens with zero attached hydrogens (tertiary/aromatic N) is 3. The van der Waals surface area contributed by atoms with Gasteiger partial charge in [0.05, 0.1) is 16.6 Å². The zero-order chi connectivity index (χ0) is 24.2. The lowest BCUT2D eigenvalue weighted by Gasteiger charge is -2.36. The predicted molar refractivity (Wildman–Crippen MR) is 137 cm³/mol. The van der Waals surface area contributed by atoms with Crippen LogP contribution in [0, 0.1) is 0 Å². The van der Waals surface area contributed by atoms with Crippen molar-refractivity contribution in [1.82, 2.24) is 10.1 Å². The second-order valence-corrected chi connectivity index (χ2v) is 9.41. The lowest BCUT2D eigenvalue weighted by molar-refractivity contribution is 0.104. The summed E-state index contributed by atoms with van der Waals surface area (Å²) in [6.07, 6.45) is 0. The Hall–Kier alpha value is -4.04. The van der Waals surface area contributed by atoms with E-state index in [9.17, 15) is 4.79 Å². The molecule has 182 valence electrons. The second kappa shape index (κ2) is 8.27. The zero-order valence-electron chi connectivity index (χ0n) is 20.0. The van der Waals surface area contributed by atoms with E-state index in [0.717, 1.165) is 78.6 Å². The molecule has 2 aliphatic heterocycles. The summed E-state index contributed by atoms with van der Waals surface area (Å²) in [6.45, 7) is 7.47. The van der Waals surface area contributed by atoms with Crippen molar-refractivity contribution in [2.45, 2.75) is 13.5 Å². The Morgan fingerprint density at radius 2 is 1.78 bits per heavy atom. The number of carbonyl (C=O) groups is 1. The number of rotatable bonds is 5. The van der Waals surface area contributed by atoms with E-state index in [0.29, 0.717) is 23.7 Å². The molecule has 3 heterocycles. The fourth-order valence-electron chi connectivity index (χ4n) is 5.56. The van der Waals surface area contributed by atoms with Gasteiger partial charge in [0, 0.05) is 56.1 Å². The third-order valence-electron chi connectivity index (χ3n) is 7.30. The molecule has 1 aliphatic carbocycles. The maximum atomic E-state index is 13.5. The standard InChI is InChI=1S/C28H26N4O4/c1-2-29-20-14-21(26-25-24(20)27(33)18-5-3-4-6-19(18)28(25)36-30-26)32-11-9-31(10-12-32)15-17-7-8-22-23(13-17)35-16-34-22/h3-8,13-14,29H,2,9-12,15-16H2,1H3. The SMILES string of the molecule is CCNc1cc(N2CCN(Cc3ccc4c(c3)OCO4)CC2)c2noc3c2c1C(=O)c1ccccc1-3. The van der Waals surface area contributed by atoms with Crippen molar-refractivity contribution in [3.8, 4) is 22.8 Å². The van der Waals surface area contributed by atoms with E-state index in [1.807, 2.05) is 37.3 Å². The quantitative estimate of drug-likeness (QED) is 0.392. The number of piperazine rings is 1. The number of benzene rings is 3. The molecule has 8 nitrogen and oxygen atoms in total. The van der Waals surface area contributed by atoms with Gasteiger partial charge < -0.3 is 24.2 Å². The van der Waals surface area contributed by atoms with Crippen molar-refractivity contribution in [1.29, 1.82) is 0 Å². The van der Waals surface area contributed by atoms with Crippen molar-refractivity contribution >= 4 is 28.1 Å². The summed E-state index contributed by atoms with van der Waals surface area (Å²) in [5.74, 6) is 2.33. The maximum absolute atomic E-state index is 13.5. The molecule has 0 bridgehead atoms. The third kappa shape index (κ3) is 3.25. The predicted octanol–water partition coefficient (Wildman–Crippen LogP) is 4.52. The van der Waals surface area contributed by atoms with Gasteiger partial charge in [-0.25, -0.2) is 0 Å². The first-order valence-electron chi connectivity index (χ1n) is 12.4. The smallest absolute Gasteiger partial charge is 0.231 e. The highest BCUT2D eigenvalue weighted by Gasteiger charge is 2.34. The highest BCUT2D eigenvalue weighted by molar-refractivity contribution is 6.28. The van der Waals surface area contributed by atoms with E-state index in [1.54, 1.807) is 0 Å². The molecule has 36 heavy (non-hydrogen) atoms. The van der Waals surface area contributed by atoms with Crippen LogP contribution in [-0.2, 0) is 6.54 Å². The van der Waals surface area contributed by atoms with E-state index in [1.165, 1.54) is 5.56 Å². The Morgan fingerprint density at radius 1 is 0.972 bits per heavy atom. The van der Waals surface area contributed by atoms with Crippen LogP contribution >= 0.6 is 0 Å². The van der Waals surface area contributed by atoms with Gasteiger partial charge in [-0.1, -0.05) is 35.5 Å². The highest BCUT2D eigenvalue weighted by Crippen LogP contribution is 2.46. The van der Waals surface area contributed by atoms with Crippen LogP contribution in [0.3, 0.4) is 0 Å². The molecule has 3 aliphatic rings. The molecule has 3 aromatic carbocycles. The van der Waals surface area contributed by atoms with Gasteiger partial charge in [0.25, 0.3) is 0 Å². The molecule has 4 aromatic rings. The van der Waals surface area contributed by atoms with Crippen molar-refractivity contribution in [3.63, 3.8) is 0 Å². The van der Waals surface area contributed by atoms with E-state index < -0.39 is 0 Å². The van der Waals surface area contributed by atoms with Crippen LogP contribution in [0.4, 0.5) is 11.4 Å². The summed E-state index contributed by atoms with van der Waals surface area (Å²) in [4.78, 5) is 18.3. The first kappa shape index (κ1) is 21.3. The van der Waals surface area contributed by atoms with Crippen molar-refractivity contribution in [3.05, 3.63) is 65.2 Å². The third-order valence-corrected chi connectivity index (χ3v) is 7.30. The molecular weight excluding hydrogens is 456 g/mol. The lowest BCUT2D eigenvalue weighted by atomic mass is 9.86. The highest BCUT2D eigenvalue weighted by atomic mass is 16.7. The molecule has 0 saturated carbocycles. The van der Waals surface area contributed by atoms with Gasteiger partial charge in [-0.15, -0.1) is 0 Å². The van der Waals surface area contributed by atoms with E-state index in [-0.39, 0.29) is 5.78 Å². The van der Waals surface area contributed by atoms with Crippen LogP contribution in [-0.4, -0.2) is 55.4 Å². The van der Waals surface area contributed by atoms with Crippen molar-refractivity contribution in [2.75, 3.05) is 49.7 Å². The van der Waals surface area contributed by atoms with Crippen LogP contribution in [0.25, 0.3) is 22.2 Å². The average molecular weight is 483 g/mol. The number of hydrogen-bond acceptors (Lipinski definition) is 8. The Bertz CT molecular complexity index is 1500. The molecule has 0 radical (unpaired) electrons. The van der Waals surface area contributed by atoms with Crippen LogP contribution in [0.5, 0.6) is 11.5 Å². The molecule has 0 spiro atoms. The minimum atomic E-state index is 0.0161. The van der Waals surface area contributed by atoms with Crippen LogP contribution in [0.2, 0.25) is 0 Å². The molecule has 8 heteroatoms. The monoisotopic (exact) mass is 482 g/mol. The summed E-state index contributed by atoms with van der Waals surface area (Å²) in [7, 11) is 0. The molecule has 1 saturated heterocycles. The number of anilines is 2. The topological polar surface area (TPSA) is 80.1 Å². The van der Waals surface area contributed by atoms with Crippen LogP contribution in [0.1, 0.15) is 28.4 Å².